The van der Waals surface area contributed by atoms with Crippen molar-refractivity contribution in [1.82, 2.24) is 10.9 Å². The van der Waals surface area contributed by atoms with E-state index in [9.17, 15) is 19.7 Å². The quantitative estimate of drug-likeness (QED) is 0.630. The highest BCUT2D eigenvalue weighted by Crippen LogP contribution is 2.19. The third-order valence-corrected chi connectivity index (χ3v) is 3.67. The van der Waals surface area contributed by atoms with Gasteiger partial charge in [0.25, 0.3) is 17.5 Å². The summed E-state index contributed by atoms with van der Waals surface area (Å²) in [6.45, 7) is 5.06. The van der Waals surface area contributed by atoms with E-state index in [1.54, 1.807) is 0 Å². The summed E-state index contributed by atoms with van der Waals surface area (Å²) in [6, 6.07) is 9.60. The predicted molar refractivity (Wildman–Crippen MR) is 94.9 cm³/mol. The van der Waals surface area contributed by atoms with Gasteiger partial charge >= 0.3 is 0 Å². The van der Waals surface area contributed by atoms with Crippen LogP contribution in [0.1, 0.15) is 27.0 Å². The molecule has 0 unspecified atom stereocenters. The Morgan fingerprint density at radius 1 is 1.04 bits per heavy atom. The summed E-state index contributed by atoms with van der Waals surface area (Å²) in [6.07, 6.45) is 0. The topological polar surface area (TPSA) is 111 Å². The van der Waals surface area contributed by atoms with E-state index in [4.69, 9.17) is 4.74 Å². The molecule has 2 amide bonds. The zero-order valence-electron chi connectivity index (χ0n) is 14.7. The van der Waals surface area contributed by atoms with E-state index in [1.165, 1.54) is 25.1 Å². The van der Waals surface area contributed by atoms with Crippen molar-refractivity contribution >= 4 is 17.5 Å². The number of hydrogen-bond donors (Lipinski definition) is 2. The highest BCUT2D eigenvalue weighted by Gasteiger charge is 2.14. The maximum atomic E-state index is 12.0. The summed E-state index contributed by atoms with van der Waals surface area (Å²) in [5.41, 5.74) is 6.87. The lowest BCUT2D eigenvalue weighted by molar-refractivity contribution is -0.385. The molecule has 0 aliphatic carbocycles. The number of nitrogens with zero attached hydrogens (tertiary/aromatic N) is 1. The highest BCUT2D eigenvalue weighted by atomic mass is 16.6. The molecule has 136 valence electrons. The molecule has 0 fully saturated rings. The summed E-state index contributed by atoms with van der Waals surface area (Å²) in [5.74, 6) is -0.515. The lowest BCUT2D eigenvalue weighted by Gasteiger charge is -2.11. The molecule has 0 radical (unpaired) electrons. The summed E-state index contributed by atoms with van der Waals surface area (Å²) in [7, 11) is 0. The van der Waals surface area contributed by atoms with Crippen LogP contribution < -0.4 is 15.6 Å². The van der Waals surface area contributed by atoms with Gasteiger partial charge in [-0.1, -0.05) is 12.1 Å². The molecule has 2 aromatic rings. The minimum atomic E-state index is -0.580. The van der Waals surface area contributed by atoms with Crippen molar-refractivity contribution in [2.75, 3.05) is 6.61 Å². The van der Waals surface area contributed by atoms with Crippen LogP contribution in [0.3, 0.4) is 0 Å². The minimum Gasteiger partial charge on any atom is -0.483 e. The first-order chi connectivity index (χ1) is 12.3. The normalized spacial score (nSPS) is 10.1. The SMILES string of the molecule is Cc1ccc(C)c(OCC(=O)NNC(=O)c2ccc([N+](=O)[O-])c(C)c2)c1. The number of rotatable bonds is 5. The van der Waals surface area contributed by atoms with Crippen LogP contribution in [0.15, 0.2) is 36.4 Å². The second-order valence-corrected chi connectivity index (χ2v) is 5.82. The van der Waals surface area contributed by atoms with Crippen LogP contribution in [0.5, 0.6) is 5.75 Å². The molecule has 8 nitrogen and oxygen atoms in total. The number of nitro groups is 1. The summed E-state index contributed by atoms with van der Waals surface area (Å²) >= 11 is 0. The second kappa shape index (κ2) is 8.11. The fourth-order valence-corrected chi connectivity index (χ4v) is 2.24. The largest absolute Gasteiger partial charge is 0.483 e. The number of nitrogens with one attached hydrogen (secondary N) is 2. The Bertz CT molecular complexity index is 864. The van der Waals surface area contributed by atoms with Crippen LogP contribution in [0.2, 0.25) is 0 Å². The van der Waals surface area contributed by atoms with Crippen LogP contribution in [0.25, 0.3) is 0 Å². The Hall–Kier alpha value is -3.42. The van der Waals surface area contributed by atoms with Crippen molar-refractivity contribution in [2.24, 2.45) is 0 Å². The van der Waals surface area contributed by atoms with Crippen molar-refractivity contribution in [1.29, 1.82) is 0 Å². The zero-order chi connectivity index (χ0) is 19.3. The van der Waals surface area contributed by atoms with Crippen LogP contribution in [-0.4, -0.2) is 23.3 Å². The molecule has 2 rings (SSSR count). The Kier molecular flexibility index (Phi) is 5.90. The lowest BCUT2D eigenvalue weighted by Crippen LogP contribution is -2.43. The zero-order valence-corrected chi connectivity index (χ0v) is 14.7. The maximum absolute atomic E-state index is 12.0. The molecule has 0 saturated carbocycles. The molecule has 26 heavy (non-hydrogen) atoms. The van der Waals surface area contributed by atoms with Gasteiger partial charge in [0.1, 0.15) is 5.75 Å². The van der Waals surface area contributed by atoms with Gasteiger partial charge in [-0.2, -0.15) is 0 Å². The molecule has 0 saturated heterocycles. The molecule has 0 spiro atoms. The van der Waals surface area contributed by atoms with Crippen molar-refractivity contribution in [3.8, 4) is 5.75 Å². The number of amides is 2. The predicted octanol–water partition coefficient (Wildman–Crippen LogP) is 2.36. The van der Waals surface area contributed by atoms with Crippen LogP contribution in [-0.2, 0) is 4.79 Å². The standard InChI is InChI=1S/C18H19N3O5/c1-11-4-5-12(2)16(8-11)26-10-17(22)19-20-18(23)14-6-7-15(21(24)25)13(3)9-14/h4-9H,10H2,1-3H3,(H,19,22)(H,20,23). The summed E-state index contributed by atoms with van der Waals surface area (Å²) in [5, 5.41) is 10.8. The Balaban J connectivity index is 1.88. The van der Waals surface area contributed by atoms with Gasteiger partial charge in [-0.3, -0.25) is 30.6 Å². The number of carbonyl (C=O) groups excluding carboxylic acids is 2. The third kappa shape index (κ3) is 4.79. The first-order valence-electron chi connectivity index (χ1n) is 7.82. The van der Waals surface area contributed by atoms with E-state index in [0.717, 1.165) is 11.1 Å². The van der Waals surface area contributed by atoms with Gasteiger partial charge in [0.2, 0.25) is 0 Å². The van der Waals surface area contributed by atoms with Crippen LogP contribution >= 0.6 is 0 Å². The Labute approximate surface area is 150 Å². The van der Waals surface area contributed by atoms with Gasteiger partial charge in [0, 0.05) is 17.2 Å². The van der Waals surface area contributed by atoms with Gasteiger partial charge in [-0.25, -0.2) is 0 Å². The molecule has 0 aliphatic rings. The smallest absolute Gasteiger partial charge is 0.276 e. The highest BCUT2D eigenvalue weighted by molar-refractivity contribution is 5.95. The fraction of sp³-hybridized carbons (Fsp3) is 0.222. The molecular weight excluding hydrogens is 338 g/mol. The molecule has 2 N–H and O–H groups in total. The van der Waals surface area contributed by atoms with Gasteiger partial charge in [0.15, 0.2) is 6.61 Å². The van der Waals surface area contributed by atoms with E-state index in [-0.39, 0.29) is 17.9 Å². The molecule has 0 bridgehead atoms. The number of hydrogen-bond acceptors (Lipinski definition) is 5. The van der Waals surface area contributed by atoms with Crippen molar-refractivity contribution in [3.05, 3.63) is 68.8 Å². The van der Waals surface area contributed by atoms with Crippen LogP contribution in [0, 0.1) is 30.9 Å². The number of aryl methyl sites for hydroxylation is 3. The van der Waals surface area contributed by atoms with E-state index in [0.29, 0.717) is 11.3 Å². The Morgan fingerprint density at radius 3 is 2.42 bits per heavy atom. The molecule has 0 aromatic heterocycles. The molecular formula is C18H19N3O5. The van der Waals surface area contributed by atoms with Gasteiger partial charge in [0.05, 0.1) is 4.92 Å². The van der Waals surface area contributed by atoms with Gasteiger partial charge in [-0.15, -0.1) is 0 Å². The molecule has 0 heterocycles. The first-order valence-corrected chi connectivity index (χ1v) is 7.82. The molecule has 2 aromatic carbocycles. The summed E-state index contributed by atoms with van der Waals surface area (Å²) in [4.78, 5) is 34.1. The van der Waals surface area contributed by atoms with Crippen molar-refractivity contribution < 1.29 is 19.2 Å². The lowest BCUT2D eigenvalue weighted by atomic mass is 10.1. The van der Waals surface area contributed by atoms with Gasteiger partial charge in [-0.05, 0) is 50.1 Å². The molecule has 0 aliphatic heterocycles. The van der Waals surface area contributed by atoms with Crippen LogP contribution in [0.4, 0.5) is 5.69 Å². The van der Waals surface area contributed by atoms with Gasteiger partial charge < -0.3 is 4.74 Å². The number of carbonyl (C=O) groups is 2. The fourth-order valence-electron chi connectivity index (χ4n) is 2.24. The van der Waals surface area contributed by atoms with Crippen molar-refractivity contribution in [3.63, 3.8) is 0 Å². The maximum Gasteiger partial charge on any atom is 0.276 e. The van der Waals surface area contributed by atoms with E-state index in [1.807, 2.05) is 32.0 Å². The first kappa shape index (κ1) is 18.9. The molecule has 0 atom stereocenters. The monoisotopic (exact) mass is 357 g/mol. The average molecular weight is 357 g/mol. The number of benzene rings is 2. The second-order valence-electron chi connectivity index (χ2n) is 5.82. The number of ether oxygens (including phenoxy) is 1. The molecule has 8 heteroatoms. The van der Waals surface area contributed by atoms with E-state index < -0.39 is 16.7 Å². The third-order valence-electron chi connectivity index (χ3n) is 3.67. The Morgan fingerprint density at radius 2 is 1.77 bits per heavy atom. The number of nitro benzene ring substituents is 1. The summed E-state index contributed by atoms with van der Waals surface area (Å²) < 4.78 is 5.44. The van der Waals surface area contributed by atoms with Crippen molar-refractivity contribution in [2.45, 2.75) is 20.8 Å². The van der Waals surface area contributed by atoms with E-state index in [2.05, 4.69) is 10.9 Å². The number of hydrazine groups is 1. The minimum absolute atomic E-state index is 0.0764. The average Bonchev–Trinajstić information content (AvgIpc) is 2.59. The van der Waals surface area contributed by atoms with E-state index >= 15 is 0 Å².